The van der Waals surface area contributed by atoms with E-state index < -0.39 is 5.97 Å². The van der Waals surface area contributed by atoms with Crippen LogP contribution in [-0.2, 0) is 22.3 Å². The van der Waals surface area contributed by atoms with E-state index in [9.17, 15) is 9.90 Å². The molecule has 5 rings (SSSR count). The molecule has 2 aliphatic heterocycles. The van der Waals surface area contributed by atoms with Gasteiger partial charge in [-0.25, -0.2) is 9.68 Å². The lowest BCUT2D eigenvalue weighted by molar-refractivity contribution is -0.401. The van der Waals surface area contributed by atoms with E-state index in [4.69, 9.17) is 5.26 Å². The van der Waals surface area contributed by atoms with E-state index in [0.29, 0.717) is 5.56 Å². The van der Waals surface area contributed by atoms with Gasteiger partial charge in [0.25, 0.3) is 0 Å². The fourth-order valence-corrected chi connectivity index (χ4v) is 6.30. The molecule has 7 nitrogen and oxygen atoms in total. The molecule has 43 heavy (non-hydrogen) atoms. The highest BCUT2D eigenvalue weighted by molar-refractivity contribution is 6.04. The van der Waals surface area contributed by atoms with Gasteiger partial charge in [-0.1, -0.05) is 50.3 Å². The number of nitrogens with zero attached hydrogens (tertiary/aromatic N) is 3. The Bertz CT molecular complexity index is 1730. The van der Waals surface area contributed by atoms with Crippen LogP contribution in [-0.4, -0.2) is 45.7 Å². The lowest BCUT2D eigenvalue weighted by atomic mass is 9.81. The average Bonchev–Trinajstić information content (AvgIpc) is 3.29. The molecule has 0 saturated carbocycles. The van der Waals surface area contributed by atoms with Gasteiger partial charge in [0.1, 0.15) is 13.7 Å². The summed E-state index contributed by atoms with van der Waals surface area (Å²) < 4.78 is 2.13. The second-order valence-electron chi connectivity index (χ2n) is 12.0. The Hall–Kier alpha value is -4.59. The smallest absolute Gasteiger partial charge is 0.335 e. The normalized spacial score (nSPS) is 18.3. The van der Waals surface area contributed by atoms with Crippen LogP contribution in [0.25, 0.3) is 5.57 Å². The van der Waals surface area contributed by atoms with Gasteiger partial charge in [-0.05, 0) is 72.5 Å². The summed E-state index contributed by atoms with van der Waals surface area (Å²) in [5, 5.41) is 18.4. The Labute approximate surface area is 253 Å². The summed E-state index contributed by atoms with van der Waals surface area (Å²) in [6.07, 6.45) is 16.2. The summed E-state index contributed by atoms with van der Waals surface area (Å²) in [5.74, 6) is -0.922. The molecule has 0 fully saturated rings. The summed E-state index contributed by atoms with van der Waals surface area (Å²) >= 11 is 0. The average molecular weight is 577 g/mol. The van der Waals surface area contributed by atoms with Crippen molar-refractivity contribution in [1.29, 1.82) is 0 Å². The molecular weight excluding hydrogens is 538 g/mol. The maximum atomic E-state index is 11.6. The van der Waals surface area contributed by atoms with E-state index in [1.807, 2.05) is 31.3 Å². The Morgan fingerprint density at radius 1 is 0.977 bits per heavy atom. The number of carboxylic acids is 1. The lowest BCUT2D eigenvalue weighted by Crippen LogP contribution is -2.26. The van der Waals surface area contributed by atoms with Crippen LogP contribution in [0.15, 0.2) is 103 Å². The number of likely N-dealkylation sites (N-methyl/N-ethyl adjacent to an activating group) is 1. The first-order valence-corrected chi connectivity index (χ1v) is 14.3. The Morgan fingerprint density at radius 2 is 1.72 bits per heavy atom. The monoisotopic (exact) mass is 576 g/mol. The molecule has 0 saturated heterocycles. The van der Waals surface area contributed by atoms with E-state index in [0.717, 1.165) is 45.0 Å². The first-order chi connectivity index (χ1) is 20.5. The number of allylic oxidation sites excluding steroid dienone is 8. The Morgan fingerprint density at radius 3 is 2.42 bits per heavy atom. The SMILES string of the molecule is CN1C(=CC=CC(=CC=CC2=[N+](C)c3ccc(C(=O)O)cc3C2(C)C)c2ccncc2)C(C)(C)c2cc(COO)ccc21. The number of carboxylic acid groups (broad SMARTS) is 1. The predicted molar refractivity (Wildman–Crippen MR) is 171 cm³/mol. The standard InChI is InChI=1S/C36H37N3O4/c1-35(2)28-21-24(23-43-42)13-15-30(28)38(5)32(35)11-7-9-25(26-17-19-37-20-18-26)10-8-12-33-36(3,4)29-22-27(34(40)41)14-16-31(29)39(33)6/h7-22H,23H2,1-6H3,(H-,40,41,42)/p+1. The quantitative estimate of drug-likeness (QED) is 0.127. The zero-order valence-corrected chi connectivity index (χ0v) is 25.5. The first kappa shape index (κ1) is 29.9. The van der Waals surface area contributed by atoms with Crippen LogP contribution in [0.3, 0.4) is 0 Å². The van der Waals surface area contributed by atoms with Crippen molar-refractivity contribution in [1.82, 2.24) is 4.98 Å². The zero-order valence-electron chi connectivity index (χ0n) is 25.5. The van der Waals surface area contributed by atoms with Crippen molar-refractivity contribution in [2.45, 2.75) is 45.1 Å². The maximum Gasteiger partial charge on any atom is 0.335 e. The molecule has 0 unspecified atom stereocenters. The second kappa shape index (κ2) is 11.6. The highest BCUT2D eigenvalue weighted by Crippen LogP contribution is 2.47. The molecule has 2 N–H and O–H groups in total. The van der Waals surface area contributed by atoms with Crippen LogP contribution in [0.2, 0.25) is 0 Å². The van der Waals surface area contributed by atoms with Gasteiger partial charge in [0.15, 0.2) is 5.71 Å². The van der Waals surface area contributed by atoms with Gasteiger partial charge in [-0.2, -0.15) is 4.58 Å². The van der Waals surface area contributed by atoms with Gasteiger partial charge >= 0.3 is 5.97 Å². The number of hydrogen-bond donors (Lipinski definition) is 2. The van der Waals surface area contributed by atoms with Crippen molar-refractivity contribution in [3.8, 4) is 0 Å². The van der Waals surface area contributed by atoms with Crippen LogP contribution in [0.1, 0.15) is 60.3 Å². The molecular formula is C36H38N3O4+. The minimum atomic E-state index is -0.922. The fourth-order valence-electron chi connectivity index (χ4n) is 6.30. The summed E-state index contributed by atoms with van der Waals surface area (Å²) in [6, 6.07) is 15.5. The lowest BCUT2D eigenvalue weighted by Gasteiger charge is -2.23. The van der Waals surface area contributed by atoms with Gasteiger partial charge in [0.2, 0.25) is 5.69 Å². The second-order valence-corrected chi connectivity index (χ2v) is 12.0. The van der Waals surface area contributed by atoms with Crippen molar-refractivity contribution < 1.29 is 24.6 Å². The molecule has 0 amide bonds. The first-order valence-electron chi connectivity index (χ1n) is 14.3. The number of anilines is 1. The molecule has 0 atom stereocenters. The van der Waals surface area contributed by atoms with E-state index >= 15 is 0 Å². The molecule has 1 aromatic heterocycles. The molecule has 3 aromatic rings. The van der Waals surface area contributed by atoms with Crippen LogP contribution in [0.4, 0.5) is 11.4 Å². The van der Waals surface area contributed by atoms with Gasteiger partial charge in [-0.3, -0.25) is 10.2 Å². The predicted octanol–water partition coefficient (Wildman–Crippen LogP) is 7.28. The van der Waals surface area contributed by atoms with Crippen LogP contribution in [0.5, 0.6) is 0 Å². The number of aromatic nitrogens is 1. The van der Waals surface area contributed by atoms with Crippen molar-refractivity contribution in [2.75, 3.05) is 19.0 Å². The van der Waals surface area contributed by atoms with Crippen molar-refractivity contribution in [3.05, 3.63) is 131 Å². The van der Waals surface area contributed by atoms with Crippen molar-refractivity contribution in [2.24, 2.45) is 0 Å². The molecule has 0 aliphatic carbocycles. The van der Waals surface area contributed by atoms with E-state index in [1.54, 1.807) is 24.5 Å². The third-order valence-corrected chi connectivity index (χ3v) is 8.68. The minimum absolute atomic E-state index is 0.154. The molecule has 0 spiro atoms. The van der Waals surface area contributed by atoms with Crippen LogP contribution < -0.4 is 4.90 Å². The summed E-state index contributed by atoms with van der Waals surface area (Å²) in [7, 11) is 4.09. The Balaban J connectivity index is 1.46. The molecule has 2 aromatic carbocycles. The maximum absolute atomic E-state index is 11.6. The molecule has 220 valence electrons. The molecule has 2 aliphatic rings. The highest BCUT2D eigenvalue weighted by atomic mass is 17.1. The number of aromatic carboxylic acids is 1. The topological polar surface area (TPSA) is 85.9 Å². The number of carbonyl (C=O) groups is 1. The van der Waals surface area contributed by atoms with Gasteiger partial charge in [-0.15, -0.1) is 0 Å². The molecule has 0 radical (unpaired) electrons. The Kier molecular flexibility index (Phi) is 8.06. The largest absolute Gasteiger partial charge is 0.478 e. The van der Waals surface area contributed by atoms with Gasteiger partial charge < -0.3 is 10.0 Å². The fraction of sp³-hybridized carbons (Fsp3) is 0.250. The summed E-state index contributed by atoms with van der Waals surface area (Å²) in [6.45, 7) is 8.81. The van der Waals surface area contributed by atoms with Crippen molar-refractivity contribution >= 4 is 28.6 Å². The van der Waals surface area contributed by atoms with Crippen molar-refractivity contribution in [3.63, 3.8) is 0 Å². The number of benzene rings is 2. The number of fused-ring (bicyclic) bond motifs is 2. The number of rotatable bonds is 8. The highest BCUT2D eigenvalue weighted by Gasteiger charge is 2.43. The summed E-state index contributed by atoms with van der Waals surface area (Å²) in [4.78, 5) is 22.4. The zero-order chi connectivity index (χ0) is 30.9. The number of hydrogen-bond acceptors (Lipinski definition) is 5. The van der Waals surface area contributed by atoms with Crippen LogP contribution in [0, 0.1) is 0 Å². The number of pyridine rings is 1. The third kappa shape index (κ3) is 5.49. The van der Waals surface area contributed by atoms with E-state index in [1.165, 1.54) is 5.56 Å². The molecule has 3 heterocycles. The molecule has 0 bridgehead atoms. The van der Waals surface area contributed by atoms with Crippen LogP contribution >= 0.6 is 0 Å². The van der Waals surface area contributed by atoms with E-state index in [2.05, 4.69) is 103 Å². The minimum Gasteiger partial charge on any atom is -0.478 e. The van der Waals surface area contributed by atoms with E-state index in [-0.39, 0.29) is 17.4 Å². The third-order valence-electron chi connectivity index (χ3n) is 8.68. The summed E-state index contributed by atoms with van der Waals surface area (Å²) in [5.41, 5.74) is 9.29. The molecule has 7 heteroatoms. The van der Waals surface area contributed by atoms with Gasteiger partial charge in [0, 0.05) is 53.9 Å². The van der Waals surface area contributed by atoms with Gasteiger partial charge in [0.05, 0.1) is 11.0 Å².